The highest BCUT2D eigenvalue weighted by Crippen LogP contribution is 2.28. The van der Waals surface area contributed by atoms with Crippen molar-refractivity contribution >= 4 is 28.7 Å². The summed E-state index contributed by atoms with van der Waals surface area (Å²) in [6.45, 7) is 0.661. The zero-order valence-electron chi connectivity index (χ0n) is 9.55. The largest absolute Gasteiger partial charge is 0.440 e. The third-order valence-electron chi connectivity index (χ3n) is 2.98. The molecule has 1 aliphatic rings. The van der Waals surface area contributed by atoms with Crippen LogP contribution in [0.1, 0.15) is 23.3 Å². The standard InChI is InChI=1S/C12H11N3O3/c13-12(17)8-5-9-7(6-14-8)4-11(18-9)15-3-1-2-10(15)16/h4-6H,1-3H2,(H2,13,17). The Hall–Kier alpha value is -2.37. The van der Waals surface area contributed by atoms with Crippen molar-refractivity contribution < 1.29 is 14.0 Å². The molecule has 92 valence electrons. The Morgan fingerprint density at radius 1 is 1.44 bits per heavy atom. The monoisotopic (exact) mass is 245 g/mol. The van der Waals surface area contributed by atoms with Gasteiger partial charge in [-0.05, 0) is 6.42 Å². The third kappa shape index (κ3) is 1.62. The molecule has 0 aliphatic carbocycles. The second-order valence-corrected chi connectivity index (χ2v) is 4.21. The van der Waals surface area contributed by atoms with E-state index in [0.29, 0.717) is 24.4 Å². The number of rotatable bonds is 2. The van der Waals surface area contributed by atoms with E-state index >= 15 is 0 Å². The summed E-state index contributed by atoms with van der Waals surface area (Å²) in [5, 5.41) is 0.745. The summed E-state index contributed by atoms with van der Waals surface area (Å²) in [4.78, 5) is 28.1. The average molecular weight is 245 g/mol. The van der Waals surface area contributed by atoms with Crippen molar-refractivity contribution in [3.05, 3.63) is 24.0 Å². The van der Waals surface area contributed by atoms with Crippen LogP contribution in [-0.2, 0) is 4.79 Å². The molecule has 0 radical (unpaired) electrons. The van der Waals surface area contributed by atoms with Crippen LogP contribution in [0.2, 0.25) is 0 Å². The molecule has 0 bridgehead atoms. The van der Waals surface area contributed by atoms with Crippen LogP contribution in [0.15, 0.2) is 22.7 Å². The van der Waals surface area contributed by atoms with Crippen LogP contribution >= 0.6 is 0 Å². The predicted octanol–water partition coefficient (Wildman–Crippen LogP) is 1.05. The minimum Gasteiger partial charge on any atom is -0.440 e. The Morgan fingerprint density at radius 3 is 2.94 bits per heavy atom. The van der Waals surface area contributed by atoms with Crippen molar-refractivity contribution in [2.75, 3.05) is 11.4 Å². The van der Waals surface area contributed by atoms with Crippen LogP contribution in [0.3, 0.4) is 0 Å². The van der Waals surface area contributed by atoms with E-state index in [1.807, 2.05) is 0 Å². The van der Waals surface area contributed by atoms with E-state index in [1.54, 1.807) is 11.0 Å². The highest BCUT2D eigenvalue weighted by Gasteiger charge is 2.24. The van der Waals surface area contributed by atoms with Gasteiger partial charge in [-0.2, -0.15) is 0 Å². The van der Waals surface area contributed by atoms with Gasteiger partial charge in [0.15, 0.2) is 0 Å². The van der Waals surface area contributed by atoms with Gasteiger partial charge in [-0.25, -0.2) is 0 Å². The fraction of sp³-hybridized carbons (Fsp3) is 0.250. The Balaban J connectivity index is 2.05. The highest BCUT2D eigenvalue weighted by atomic mass is 16.4. The van der Waals surface area contributed by atoms with Crippen LogP contribution in [0, 0.1) is 0 Å². The van der Waals surface area contributed by atoms with Crippen molar-refractivity contribution in [3.63, 3.8) is 0 Å². The first-order valence-corrected chi connectivity index (χ1v) is 5.65. The third-order valence-corrected chi connectivity index (χ3v) is 2.98. The van der Waals surface area contributed by atoms with Gasteiger partial charge in [0.05, 0.1) is 0 Å². The Morgan fingerprint density at radius 2 is 2.28 bits per heavy atom. The highest BCUT2D eigenvalue weighted by molar-refractivity contribution is 5.97. The molecule has 3 rings (SSSR count). The van der Waals surface area contributed by atoms with E-state index in [1.165, 1.54) is 12.3 Å². The molecule has 2 amide bonds. The first-order valence-electron chi connectivity index (χ1n) is 5.65. The van der Waals surface area contributed by atoms with Gasteiger partial charge < -0.3 is 10.2 Å². The van der Waals surface area contributed by atoms with E-state index < -0.39 is 5.91 Å². The molecule has 2 aromatic heterocycles. The summed E-state index contributed by atoms with van der Waals surface area (Å²) in [7, 11) is 0. The number of hydrogen-bond acceptors (Lipinski definition) is 4. The lowest BCUT2D eigenvalue weighted by molar-refractivity contribution is -0.117. The predicted molar refractivity (Wildman–Crippen MR) is 64.1 cm³/mol. The molecule has 3 heterocycles. The number of primary amides is 1. The molecular weight excluding hydrogens is 234 g/mol. The number of amides is 2. The van der Waals surface area contributed by atoms with E-state index in [0.717, 1.165) is 11.8 Å². The molecule has 2 aromatic rings. The number of aromatic nitrogens is 1. The molecule has 0 spiro atoms. The molecule has 2 N–H and O–H groups in total. The molecule has 6 heteroatoms. The quantitative estimate of drug-likeness (QED) is 0.856. The summed E-state index contributed by atoms with van der Waals surface area (Å²) >= 11 is 0. The Kier molecular flexibility index (Phi) is 2.29. The maximum absolute atomic E-state index is 11.6. The number of anilines is 1. The molecule has 0 aromatic carbocycles. The molecule has 18 heavy (non-hydrogen) atoms. The van der Waals surface area contributed by atoms with E-state index in [-0.39, 0.29) is 11.6 Å². The first kappa shape index (κ1) is 10.8. The smallest absolute Gasteiger partial charge is 0.267 e. The number of hydrogen-bond donors (Lipinski definition) is 1. The lowest BCUT2D eigenvalue weighted by Crippen LogP contribution is -2.22. The van der Waals surface area contributed by atoms with Crippen LogP contribution < -0.4 is 10.6 Å². The van der Waals surface area contributed by atoms with Gasteiger partial charge in [-0.15, -0.1) is 0 Å². The zero-order chi connectivity index (χ0) is 12.7. The molecule has 0 atom stereocenters. The second-order valence-electron chi connectivity index (χ2n) is 4.21. The molecule has 6 nitrogen and oxygen atoms in total. The van der Waals surface area contributed by atoms with Gasteiger partial charge >= 0.3 is 0 Å². The molecule has 0 unspecified atom stereocenters. The van der Waals surface area contributed by atoms with Gasteiger partial charge in [0, 0.05) is 36.7 Å². The molecule has 0 saturated carbocycles. The first-order chi connectivity index (χ1) is 8.65. The van der Waals surface area contributed by atoms with Gasteiger partial charge in [-0.1, -0.05) is 0 Å². The van der Waals surface area contributed by atoms with E-state index in [2.05, 4.69) is 4.98 Å². The lowest BCUT2D eigenvalue weighted by Gasteiger charge is -2.10. The molecule has 1 fully saturated rings. The zero-order valence-corrected chi connectivity index (χ0v) is 9.55. The van der Waals surface area contributed by atoms with Crippen molar-refractivity contribution in [2.24, 2.45) is 5.73 Å². The minimum atomic E-state index is -0.605. The van der Waals surface area contributed by atoms with Gasteiger partial charge in [-0.3, -0.25) is 19.5 Å². The van der Waals surface area contributed by atoms with E-state index in [4.69, 9.17) is 10.2 Å². The van der Waals surface area contributed by atoms with E-state index in [9.17, 15) is 9.59 Å². The molecular formula is C12H11N3O3. The van der Waals surface area contributed by atoms with Crippen LogP contribution in [-0.4, -0.2) is 23.3 Å². The fourth-order valence-electron chi connectivity index (χ4n) is 2.07. The van der Waals surface area contributed by atoms with Crippen molar-refractivity contribution in [3.8, 4) is 0 Å². The number of pyridine rings is 1. The molecule has 1 aliphatic heterocycles. The number of furan rings is 1. The number of fused-ring (bicyclic) bond motifs is 1. The summed E-state index contributed by atoms with van der Waals surface area (Å²) in [6.07, 6.45) is 2.89. The van der Waals surface area contributed by atoms with Crippen molar-refractivity contribution in [1.82, 2.24) is 4.98 Å². The normalized spacial score (nSPS) is 15.6. The summed E-state index contributed by atoms with van der Waals surface area (Å²) in [5.41, 5.74) is 5.81. The maximum atomic E-state index is 11.6. The summed E-state index contributed by atoms with van der Waals surface area (Å²) in [6, 6.07) is 3.23. The second kappa shape index (κ2) is 3.83. The maximum Gasteiger partial charge on any atom is 0.267 e. The van der Waals surface area contributed by atoms with Crippen LogP contribution in [0.5, 0.6) is 0 Å². The number of carbonyl (C=O) groups is 2. The topological polar surface area (TPSA) is 89.4 Å². The van der Waals surface area contributed by atoms with Gasteiger partial charge in [0.2, 0.25) is 11.8 Å². The van der Waals surface area contributed by atoms with Crippen molar-refractivity contribution in [2.45, 2.75) is 12.8 Å². The fourth-order valence-corrected chi connectivity index (χ4v) is 2.07. The van der Waals surface area contributed by atoms with Crippen LogP contribution in [0.4, 0.5) is 5.88 Å². The minimum absolute atomic E-state index is 0.0529. The Bertz CT molecular complexity index is 647. The number of carbonyl (C=O) groups excluding carboxylic acids is 2. The van der Waals surface area contributed by atoms with Gasteiger partial charge in [0.25, 0.3) is 5.91 Å². The van der Waals surface area contributed by atoms with Crippen LogP contribution in [0.25, 0.3) is 11.0 Å². The molecule has 1 saturated heterocycles. The summed E-state index contributed by atoms with van der Waals surface area (Å²) < 4.78 is 5.57. The van der Waals surface area contributed by atoms with Gasteiger partial charge in [0.1, 0.15) is 11.3 Å². The lowest BCUT2D eigenvalue weighted by atomic mass is 10.3. The van der Waals surface area contributed by atoms with Crippen molar-refractivity contribution in [1.29, 1.82) is 0 Å². The Labute approximate surface area is 102 Å². The number of nitrogens with two attached hydrogens (primary N) is 1. The SMILES string of the molecule is NC(=O)c1cc2oc(N3CCCC3=O)cc2cn1. The number of nitrogens with zero attached hydrogens (tertiary/aromatic N) is 2. The average Bonchev–Trinajstić information content (AvgIpc) is 2.92. The summed E-state index contributed by atoms with van der Waals surface area (Å²) in [5.74, 6) is -0.0554.